The molecule has 5 N–H and O–H groups in total. The third-order valence-corrected chi connectivity index (χ3v) is 6.37. The fourth-order valence-electron chi connectivity index (χ4n) is 4.46. The third kappa shape index (κ3) is 5.25. The van der Waals surface area contributed by atoms with Crippen molar-refractivity contribution < 1.29 is 30.7 Å². The summed E-state index contributed by atoms with van der Waals surface area (Å²) in [6.45, 7) is 0. The smallest absolute Gasteiger partial charge is 0.319 e. The predicted octanol–water partition coefficient (Wildman–Crippen LogP) is 3.74. The maximum absolute atomic E-state index is 13.7. The summed E-state index contributed by atoms with van der Waals surface area (Å²) in [7, 11) is 0. The van der Waals surface area contributed by atoms with Crippen LogP contribution in [-0.2, 0) is 6.18 Å². The lowest BCUT2D eigenvalue weighted by Gasteiger charge is -2.42. The van der Waals surface area contributed by atoms with Crippen LogP contribution in [0.25, 0.3) is 0 Å². The number of nitrogens with two attached hydrogens (primary N) is 1. The summed E-state index contributed by atoms with van der Waals surface area (Å²) in [6, 6.07) is -0.509. The standard InChI is InChI=1S/C19H24F7N7/c20-16(21)5-1-10(2-6-16)19(27)31-14(12-9-28-33-13(12)18(24,25)26)30-15(32-19)29-11-3-7-17(22,23)8-4-11/h9-11H,1-8,27H2,(H,28,33)(H2,29,30,31,32). The summed E-state index contributed by atoms with van der Waals surface area (Å²) >= 11 is 0. The maximum atomic E-state index is 13.7. The zero-order valence-electron chi connectivity index (χ0n) is 17.5. The van der Waals surface area contributed by atoms with Gasteiger partial charge in [-0.3, -0.25) is 10.8 Å². The molecule has 184 valence electrons. The highest BCUT2D eigenvalue weighted by Crippen LogP contribution is 2.41. The lowest BCUT2D eigenvalue weighted by atomic mass is 9.82. The normalized spacial score (nSPS) is 29.9. The van der Waals surface area contributed by atoms with E-state index in [0.29, 0.717) is 0 Å². The Morgan fingerprint density at radius 1 is 0.970 bits per heavy atom. The van der Waals surface area contributed by atoms with Crippen molar-refractivity contribution in [1.29, 1.82) is 0 Å². The average molecular weight is 483 g/mol. The molecule has 2 saturated carbocycles. The molecular weight excluding hydrogens is 459 g/mol. The number of H-pyrrole nitrogens is 1. The molecule has 1 aromatic rings. The zero-order valence-corrected chi connectivity index (χ0v) is 17.5. The summed E-state index contributed by atoms with van der Waals surface area (Å²) < 4.78 is 94.6. The van der Waals surface area contributed by atoms with Gasteiger partial charge < -0.3 is 10.6 Å². The SMILES string of the molecule is NC1(C2CCC(F)(F)CC2)N=C(c2cn[nH]c2C(F)(F)F)NC(=NC2CCC(F)(F)CC2)N1. The number of rotatable bonds is 3. The van der Waals surface area contributed by atoms with Crippen molar-refractivity contribution in [3.8, 4) is 0 Å². The fraction of sp³-hybridized carbons (Fsp3) is 0.737. The Labute approximate surface area is 184 Å². The van der Waals surface area contributed by atoms with E-state index in [2.05, 4.69) is 25.7 Å². The molecule has 1 atom stereocenters. The Hall–Kier alpha value is -2.38. The van der Waals surface area contributed by atoms with Crippen molar-refractivity contribution in [3.63, 3.8) is 0 Å². The quantitative estimate of drug-likeness (QED) is 0.492. The van der Waals surface area contributed by atoms with Gasteiger partial charge in [0.25, 0.3) is 0 Å². The number of amidine groups is 1. The van der Waals surface area contributed by atoms with Crippen LogP contribution in [0.5, 0.6) is 0 Å². The Balaban J connectivity index is 1.66. The van der Waals surface area contributed by atoms with Crippen molar-refractivity contribution in [2.75, 3.05) is 0 Å². The van der Waals surface area contributed by atoms with E-state index in [1.165, 1.54) is 0 Å². The second kappa shape index (κ2) is 8.13. The monoisotopic (exact) mass is 483 g/mol. The molecule has 7 nitrogen and oxygen atoms in total. The highest BCUT2D eigenvalue weighted by Gasteiger charge is 2.47. The zero-order chi connectivity index (χ0) is 24.1. The first kappa shape index (κ1) is 23.8. The first-order chi connectivity index (χ1) is 15.3. The van der Waals surface area contributed by atoms with E-state index in [4.69, 9.17) is 5.73 Å². The number of aromatic nitrogens is 2. The van der Waals surface area contributed by atoms with Crippen LogP contribution >= 0.6 is 0 Å². The minimum absolute atomic E-state index is 0.00622. The largest absolute Gasteiger partial charge is 0.433 e. The molecule has 0 amide bonds. The Morgan fingerprint density at radius 3 is 2.12 bits per heavy atom. The van der Waals surface area contributed by atoms with Gasteiger partial charge in [-0.15, -0.1) is 0 Å². The average Bonchev–Trinajstić information content (AvgIpc) is 3.20. The topological polar surface area (TPSA) is 103 Å². The highest BCUT2D eigenvalue weighted by molar-refractivity contribution is 6.11. The second-order valence-electron chi connectivity index (χ2n) is 8.89. The number of nitrogens with zero attached hydrogens (tertiary/aromatic N) is 3. The number of guanidine groups is 1. The molecule has 1 aromatic heterocycles. The van der Waals surface area contributed by atoms with Gasteiger partial charge in [0, 0.05) is 31.6 Å². The molecule has 1 unspecified atom stereocenters. The van der Waals surface area contributed by atoms with Gasteiger partial charge in [-0.05, 0) is 25.7 Å². The van der Waals surface area contributed by atoms with Crippen LogP contribution in [0.15, 0.2) is 16.2 Å². The number of hydrogen-bond donors (Lipinski definition) is 4. The van der Waals surface area contributed by atoms with E-state index in [1.54, 1.807) is 0 Å². The molecule has 0 bridgehead atoms. The highest BCUT2D eigenvalue weighted by atomic mass is 19.4. The number of alkyl halides is 7. The molecule has 2 fully saturated rings. The van der Waals surface area contributed by atoms with E-state index in [1.807, 2.05) is 5.10 Å². The Kier molecular flexibility index (Phi) is 5.86. The van der Waals surface area contributed by atoms with Crippen LogP contribution in [0.2, 0.25) is 0 Å². The molecule has 0 radical (unpaired) electrons. The van der Waals surface area contributed by atoms with Gasteiger partial charge in [-0.1, -0.05) is 0 Å². The first-order valence-corrected chi connectivity index (χ1v) is 10.6. The molecule has 2 aliphatic carbocycles. The number of halogens is 7. The van der Waals surface area contributed by atoms with Gasteiger partial charge in [0.15, 0.2) is 17.4 Å². The van der Waals surface area contributed by atoms with Crippen LogP contribution in [0.3, 0.4) is 0 Å². The summed E-state index contributed by atoms with van der Waals surface area (Å²) in [5, 5.41) is 10.8. The van der Waals surface area contributed by atoms with Crippen molar-refractivity contribution >= 4 is 11.8 Å². The third-order valence-electron chi connectivity index (χ3n) is 6.37. The van der Waals surface area contributed by atoms with Crippen LogP contribution in [0, 0.1) is 5.92 Å². The molecule has 0 spiro atoms. The molecule has 33 heavy (non-hydrogen) atoms. The first-order valence-electron chi connectivity index (χ1n) is 10.6. The molecule has 4 rings (SSSR count). The fourth-order valence-corrected chi connectivity index (χ4v) is 4.46. The number of aliphatic imine (C=N–C) groups is 2. The minimum Gasteiger partial charge on any atom is -0.319 e. The van der Waals surface area contributed by atoms with Crippen molar-refractivity contribution in [1.82, 2.24) is 20.8 Å². The molecule has 1 aliphatic heterocycles. The molecule has 3 aliphatic rings. The van der Waals surface area contributed by atoms with E-state index in [0.717, 1.165) is 6.20 Å². The van der Waals surface area contributed by atoms with E-state index >= 15 is 0 Å². The molecule has 14 heteroatoms. The summed E-state index contributed by atoms with van der Waals surface area (Å²) in [5.74, 6) is -8.27. The number of hydrogen-bond acceptors (Lipinski definition) is 4. The van der Waals surface area contributed by atoms with Gasteiger partial charge >= 0.3 is 6.18 Å². The lowest BCUT2D eigenvalue weighted by Crippen LogP contribution is -2.67. The predicted molar refractivity (Wildman–Crippen MR) is 105 cm³/mol. The van der Waals surface area contributed by atoms with Crippen molar-refractivity contribution in [2.24, 2.45) is 21.6 Å². The van der Waals surface area contributed by atoms with Gasteiger partial charge in [0.2, 0.25) is 11.8 Å². The molecule has 0 saturated heterocycles. The Bertz CT molecular complexity index is 919. The van der Waals surface area contributed by atoms with E-state index in [-0.39, 0.29) is 50.3 Å². The molecular formula is C19H24F7N7. The number of nitrogens with one attached hydrogen (secondary N) is 3. The molecule has 2 heterocycles. The minimum atomic E-state index is -4.77. The Morgan fingerprint density at radius 2 is 1.55 bits per heavy atom. The van der Waals surface area contributed by atoms with Crippen LogP contribution in [0.4, 0.5) is 30.7 Å². The van der Waals surface area contributed by atoms with E-state index in [9.17, 15) is 30.7 Å². The van der Waals surface area contributed by atoms with Crippen molar-refractivity contribution in [2.45, 2.75) is 81.2 Å². The molecule has 0 aromatic carbocycles. The number of aromatic amines is 1. The summed E-state index contributed by atoms with van der Waals surface area (Å²) in [4.78, 5) is 8.61. The summed E-state index contributed by atoms with van der Waals surface area (Å²) in [6.07, 6.45) is -5.27. The maximum Gasteiger partial charge on any atom is 0.433 e. The van der Waals surface area contributed by atoms with Gasteiger partial charge in [-0.25, -0.2) is 27.5 Å². The van der Waals surface area contributed by atoms with Crippen LogP contribution in [0.1, 0.15) is 62.6 Å². The second-order valence-corrected chi connectivity index (χ2v) is 8.89. The van der Waals surface area contributed by atoms with Crippen molar-refractivity contribution in [3.05, 3.63) is 17.5 Å². The summed E-state index contributed by atoms with van der Waals surface area (Å²) in [5.41, 5.74) is 4.84. The van der Waals surface area contributed by atoms with Gasteiger partial charge in [-0.2, -0.15) is 18.3 Å². The van der Waals surface area contributed by atoms with Crippen LogP contribution < -0.4 is 16.4 Å². The van der Waals surface area contributed by atoms with Gasteiger partial charge in [0.05, 0.1) is 17.8 Å². The van der Waals surface area contributed by atoms with E-state index < -0.39 is 59.9 Å². The van der Waals surface area contributed by atoms with Gasteiger partial charge in [0.1, 0.15) is 5.84 Å². The van der Waals surface area contributed by atoms with Crippen LogP contribution in [-0.4, -0.2) is 45.7 Å². The lowest BCUT2D eigenvalue weighted by molar-refractivity contribution is -0.141.